The second-order valence-electron chi connectivity index (χ2n) is 7.92. The third-order valence-corrected chi connectivity index (χ3v) is 5.35. The number of nitrogens with zero attached hydrogens (tertiary/aromatic N) is 5. The van der Waals surface area contributed by atoms with Crippen molar-refractivity contribution in [3.8, 4) is 0 Å². The number of ether oxygens (including phenoxy) is 1. The Balaban J connectivity index is 1.73. The third-order valence-electron chi connectivity index (χ3n) is 5.35. The second-order valence-corrected chi connectivity index (χ2v) is 7.92. The Morgan fingerprint density at radius 1 is 1.39 bits per heavy atom. The summed E-state index contributed by atoms with van der Waals surface area (Å²) in [5.74, 6) is 0.159. The molecule has 162 valence electrons. The van der Waals surface area contributed by atoms with Gasteiger partial charge in [0.25, 0.3) is 0 Å². The number of aromatic nitrogens is 4. The highest BCUT2D eigenvalue weighted by atomic mass is 19.1. The summed E-state index contributed by atoms with van der Waals surface area (Å²) < 4.78 is 20.8. The van der Waals surface area contributed by atoms with Gasteiger partial charge in [-0.3, -0.25) is 0 Å². The number of hydrogen-bond acceptors (Lipinski definition) is 6. The van der Waals surface area contributed by atoms with Crippen LogP contribution in [-0.4, -0.2) is 38.7 Å². The quantitative estimate of drug-likeness (QED) is 0.431. The molecule has 0 aliphatic carbocycles. The molecular formula is C23H26FN5O2. The minimum Gasteiger partial charge on any atom is -0.462 e. The number of halogens is 1. The summed E-state index contributed by atoms with van der Waals surface area (Å²) in [4.78, 5) is 23.0. The average molecular weight is 423 g/mol. The van der Waals surface area contributed by atoms with Crippen LogP contribution >= 0.6 is 0 Å². The summed E-state index contributed by atoms with van der Waals surface area (Å²) in [5.41, 5.74) is 2.57. The van der Waals surface area contributed by atoms with E-state index in [2.05, 4.69) is 34.9 Å². The molecule has 7 nitrogen and oxygen atoms in total. The first-order chi connectivity index (χ1) is 15.0. The van der Waals surface area contributed by atoms with Gasteiger partial charge in [-0.25, -0.2) is 19.3 Å². The van der Waals surface area contributed by atoms with Gasteiger partial charge < -0.3 is 9.64 Å². The zero-order valence-corrected chi connectivity index (χ0v) is 18.0. The third kappa shape index (κ3) is 4.28. The normalized spacial score (nSPS) is 16.7. The van der Waals surface area contributed by atoms with Crippen molar-refractivity contribution in [2.45, 2.75) is 39.7 Å². The van der Waals surface area contributed by atoms with Crippen molar-refractivity contribution in [2.75, 3.05) is 18.1 Å². The number of carbonyl (C=O) groups is 1. The van der Waals surface area contributed by atoms with Crippen LogP contribution in [0.15, 0.2) is 36.8 Å². The lowest BCUT2D eigenvalue weighted by Gasteiger charge is -2.27. The predicted molar refractivity (Wildman–Crippen MR) is 116 cm³/mol. The zero-order valence-electron chi connectivity index (χ0n) is 18.0. The largest absolute Gasteiger partial charge is 0.462 e. The van der Waals surface area contributed by atoms with E-state index in [1.165, 1.54) is 12.3 Å². The van der Waals surface area contributed by atoms with Crippen LogP contribution in [-0.2, 0) is 4.74 Å². The number of pyridine rings is 1. The van der Waals surface area contributed by atoms with Crippen LogP contribution in [0.1, 0.15) is 61.1 Å². The summed E-state index contributed by atoms with van der Waals surface area (Å²) in [5, 5.41) is 4.20. The van der Waals surface area contributed by atoms with E-state index in [0.29, 0.717) is 17.1 Å². The Hall–Kier alpha value is -3.29. The van der Waals surface area contributed by atoms with Crippen LogP contribution in [0.4, 0.5) is 10.2 Å². The summed E-state index contributed by atoms with van der Waals surface area (Å²) in [6.45, 7) is 7.02. The highest BCUT2D eigenvalue weighted by molar-refractivity contribution is 5.95. The maximum atomic E-state index is 14.1. The van der Waals surface area contributed by atoms with E-state index >= 15 is 0 Å². The van der Waals surface area contributed by atoms with Gasteiger partial charge in [0.2, 0.25) is 5.95 Å². The molecule has 1 unspecified atom stereocenters. The minimum absolute atomic E-state index is 0.0340. The summed E-state index contributed by atoms with van der Waals surface area (Å²) in [7, 11) is 0. The van der Waals surface area contributed by atoms with Gasteiger partial charge >= 0.3 is 5.97 Å². The molecule has 0 N–H and O–H groups in total. The van der Waals surface area contributed by atoms with Crippen molar-refractivity contribution in [1.29, 1.82) is 0 Å². The molecular weight excluding hydrogens is 397 g/mol. The van der Waals surface area contributed by atoms with Gasteiger partial charge in [0.05, 0.1) is 18.8 Å². The van der Waals surface area contributed by atoms with Crippen molar-refractivity contribution in [1.82, 2.24) is 19.6 Å². The number of fused-ring (bicyclic) bond motifs is 1. The first-order valence-corrected chi connectivity index (χ1v) is 10.6. The number of esters is 1. The minimum atomic E-state index is -0.493. The fraction of sp³-hybridized carbons (Fsp3) is 0.391. The molecule has 0 amide bonds. The van der Waals surface area contributed by atoms with E-state index in [0.717, 1.165) is 36.3 Å². The lowest BCUT2D eigenvalue weighted by atomic mass is 9.99. The zero-order chi connectivity index (χ0) is 22.0. The Labute approximate surface area is 180 Å². The van der Waals surface area contributed by atoms with E-state index in [1.54, 1.807) is 23.8 Å². The molecule has 3 aromatic heterocycles. The van der Waals surface area contributed by atoms with Gasteiger partial charge in [-0.1, -0.05) is 26.0 Å². The predicted octanol–water partition coefficient (Wildman–Crippen LogP) is 4.45. The Bertz CT molecular complexity index is 1120. The molecule has 1 saturated heterocycles. The van der Waals surface area contributed by atoms with Gasteiger partial charge in [-0.2, -0.15) is 9.49 Å². The van der Waals surface area contributed by atoms with E-state index < -0.39 is 11.9 Å². The van der Waals surface area contributed by atoms with Crippen molar-refractivity contribution in [3.63, 3.8) is 0 Å². The van der Waals surface area contributed by atoms with E-state index in [4.69, 9.17) is 9.72 Å². The molecule has 0 spiro atoms. The van der Waals surface area contributed by atoms with E-state index in [-0.39, 0.29) is 12.6 Å². The fourth-order valence-corrected chi connectivity index (χ4v) is 3.92. The van der Waals surface area contributed by atoms with E-state index in [9.17, 15) is 9.18 Å². The number of rotatable bonds is 6. The number of anilines is 1. The van der Waals surface area contributed by atoms with Gasteiger partial charge in [-0.05, 0) is 48.9 Å². The summed E-state index contributed by atoms with van der Waals surface area (Å²) in [6.07, 6.45) is 10.8. The van der Waals surface area contributed by atoms with Crippen molar-refractivity contribution in [2.24, 2.45) is 5.92 Å². The topological polar surface area (TPSA) is 72.6 Å². The molecule has 4 rings (SSSR count). The van der Waals surface area contributed by atoms with Crippen molar-refractivity contribution >= 4 is 23.5 Å². The molecule has 0 bridgehead atoms. The molecule has 1 atom stereocenters. The smallest absolute Gasteiger partial charge is 0.343 e. The molecule has 1 aliphatic heterocycles. The Morgan fingerprint density at radius 3 is 3.00 bits per heavy atom. The first-order valence-electron chi connectivity index (χ1n) is 10.6. The van der Waals surface area contributed by atoms with Gasteiger partial charge in [0.15, 0.2) is 5.65 Å². The van der Waals surface area contributed by atoms with Crippen LogP contribution < -0.4 is 4.90 Å². The van der Waals surface area contributed by atoms with Crippen LogP contribution in [0.3, 0.4) is 0 Å². The second kappa shape index (κ2) is 8.83. The van der Waals surface area contributed by atoms with Gasteiger partial charge in [-0.15, -0.1) is 0 Å². The summed E-state index contributed by atoms with van der Waals surface area (Å²) >= 11 is 0. The number of allylic oxidation sites excluding steroid dienone is 1. The SMILES string of the molecule is CCOC(=O)c1cnn2ccc(N3CCCC3c3cc(F)ncc3/C=C/C(C)C)nc12. The van der Waals surface area contributed by atoms with Crippen LogP contribution in [0, 0.1) is 11.9 Å². The van der Waals surface area contributed by atoms with Gasteiger partial charge in [0, 0.05) is 18.9 Å². The van der Waals surface area contributed by atoms with Crippen molar-refractivity contribution in [3.05, 3.63) is 59.4 Å². The molecule has 1 fully saturated rings. The monoisotopic (exact) mass is 423 g/mol. The average Bonchev–Trinajstić information content (AvgIpc) is 3.39. The van der Waals surface area contributed by atoms with Crippen LogP contribution in [0.5, 0.6) is 0 Å². The van der Waals surface area contributed by atoms with Crippen LogP contribution in [0.25, 0.3) is 11.7 Å². The standard InChI is InChI=1S/C23H26FN5O2/c1-4-31-23(30)18-14-26-29-11-9-21(27-22(18)29)28-10-5-6-19(28)17-12-20(24)25-13-16(17)8-7-15(2)3/h7-9,11-15,19H,4-6,10H2,1-3H3/b8-7+. The molecule has 31 heavy (non-hydrogen) atoms. The maximum absolute atomic E-state index is 14.1. The Kier molecular flexibility index (Phi) is 5.97. The molecule has 1 aliphatic rings. The first kappa shape index (κ1) is 21.0. The van der Waals surface area contributed by atoms with Crippen LogP contribution in [0.2, 0.25) is 0 Å². The van der Waals surface area contributed by atoms with Crippen molar-refractivity contribution < 1.29 is 13.9 Å². The maximum Gasteiger partial charge on any atom is 0.343 e. The fourth-order valence-electron chi connectivity index (χ4n) is 3.92. The van der Waals surface area contributed by atoms with E-state index in [1.807, 2.05) is 12.1 Å². The number of hydrogen-bond donors (Lipinski definition) is 0. The molecule has 0 radical (unpaired) electrons. The highest BCUT2D eigenvalue weighted by Crippen LogP contribution is 2.37. The molecule has 0 saturated carbocycles. The lowest BCUT2D eigenvalue weighted by molar-refractivity contribution is 0.0528. The molecule has 3 aromatic rings. The van der Waals surface area contributed by atoms with Gasteiger partial charge in [0.1, 0.15) is 11.4 Å². The Morgan fingerprint density at radius 2 is 2.23 bits per heavy atom. The molecule has 0 aromatic carbocycles. The molecule has 4 heterocycles. The highest BCUT2D eigenvalue weighted by Gasteiger charge is 2.30. The lowest BCUT2D eigenvalue weighted by Crippen LogP contribution is -2.24. The number of carbonyl (C=O) groups excluding carboxylic acids is 1. The summed E-state index contributed by atoms with van der Waals surface area (Å²) in [6, 6.07) is 3.35. The molecule has 8 heteroatoms.